The zero-order valence-corrected chi connectivity index (χ0v) is 11.0. The minimum Gasteiger partial charge on any atom is -0.374 e. The highest BCUT2D eigenvalue weighted by atomic mass is 35.5. The van der Waals surface area contributed by atoms with Gasteiger partial charge in [-0.15, -0.1) is 0 Å². The summed E-state index contributed by atoms with van der Waals surface area (Å²) in [5, 5.41) is 3.83. The van der Waals surface area contributed by atoms with Crippen LogP contribution < -0.4 is 5.32 Å². The quantitative estimate of drug-likeness (QED) is 0.794. The molecule has 1 atom stereocenters. The van der Waals surface area contributed by atoms with E-state index in [9.17, 15) is 0 Å². The standard InChI is InChI=1S/C12H18ClN3O/c1-3-17-7-12-15-10(13)6-11(16-12)14-8(2)9-4-5-9/h6,8-9H,3-5,7H2,1-2H3,(H,14,15,16). The summed E-state index contributed by atoms with van der Waals surface area (Å²) in [7, 11) is 0. The smallest absolute Gasteiger partial charge is 0.158 e. The third-order valence-corrected chi connectivity index (χ3v) is 3.07. The molecule has 1 unspecified atom stereocenters. The number of hydrogen-bond acceptors (Lipinski definition) is 4. The van der Waals surface area contributed by atoms with Gasteiger partial charge in [0.2, 0.25) is 0 Å². The van der Waals surface area contributed by atoms with Crippen LogP contribution in [0.4, 0.5) is 5.82 Å². The Morgan fingerprint density at radius 2 is 2.29 bits per heavy atom. The molecule has 0 spiro atoms. The van der Waals surface area contributed by atoms with Crippen LogP contribution in [0.15, 0.2) is 6.07 Å². The molecule has 1 N–H and O–H groups in total. The van der Waals surface area contributed by atoms with Crippen LogP contribution in [0.5, 0.6) is 0 Å². The van der Waals surface area contributed by atoms with Gasteiger partial charge in [-0.2, -0.15) is 0 Å². The maximum absolute atomic E-state index is 5.96. The normalized spacial score (nSPS) is 16.9. The zero-order valence-electron chi connectivity index (χ0n) is 10.2. The van der Waals surface area contributed by atoms with Crippen molar-refractivity contribution in [3.8, 4) is 0 Å². The lowest BCUT2D eigenvalue weighted by Crippen LogP contribution is -2.18. The van der Waals surface area contributed by atoms with Crippen LogP contribution >= 0.6 is 11.6 Å². The van der Waals surface area contributed by atoms with E-state index in [0.29, 0.717) is 30.2 Å². The Balaban J connectivity index is 2.02. The molecule has 0 aromatic carbocycles. The van der Waals surface area contributed by atoms with Crippen molar-refractivity contribution in [1.82, 2.24) is 9.97 Å². The summed E-state index contributed by atoms with van der Waals surface area (Å²) in [6.07, 6.45) is 2.61. The molecule has 1 heterocycles. The lowest BCUT2D eigenvalue weighted by molar-refractivity contribution is 0.128. The molecular formula is C12H18ClN3O. The van der Waals surface area contributed by atoms with Gasteiger partial charge in [-0.25, -0.2) is 9.97 Å². The average Bonchev–Trinajstić information content (AvgIpc) is 3.09. The topological polar surface area (TPSA) is 47.0 Å². The highest BCUT2D eigenvalue weighted by Gasteiger charge is 2.28. The fourth-order valence-corrected chi connectivity index (χ4v) is 1.94. The van der Waals surface area contributed by atoms with E-state index in [-0.39, 0.29) is 0 Å². The van der Waals surface area contributed by atoms with Gasteiger partial charge in [0, 0.05) is 18.7 Å². The molecule has 94 valence electrons. The number of aromatic nitrogens is 2. The van der Waals surface area contributed by atoms with Crippen molar-refractivity contribution < 1.29 is 4.74 Å². The number of nitrogens with zero attached hydrogens (tertiary/aromatic N) is 2. The number of ether oxygens (including phenoxy) is 1. The predicted octanol–water partition coefficient (Wildman–Crippen LogP) is 2.88. The lowest BCUT2D eigenvalue weighted by atomic mass is 10.2. The maximum Gasteiger partial charge on any atom is 0.158 e. The van der Waals surface area contributed by atoms with Gasteiger partial charge >= 0.3 is 0 Å². The molecule has 1 saturated carbocycles. The molecule has 0 bridgehead atoms. The minimum atomic E-state index is 0.406. The average molecular weight is 256 g/mol. The number of halogens is 1. The summed E-state index contributed by atoms with van der Waals surface area (Å²) in [6, 6.07) is 2.21. The van der Waals surface area contributed by atoms with Crippen molar-refractivity contribution in [2.24, 2.45) is 5.92 Å². The molecule has 1 aromatic rings. The van der Waals surface area contributed by atoms with Crippen molar-refractivity contribution in [3.63, 3.8) is 0 Å². The third kappa shape index (κ3) is 3.82. The van der Waals surface area contributed by atoms with Gasteiger partial charge < -0.3 is 10.1 Å². The molecular weight excluding hydrogens is 238 g/mol. The largest absolute Gasteiger partial charge is 0.374 e. The summed E-state index contributed by atoms with van der Waals surface area (Å²) in [4.78, 5) is 8.52. The van der Waals surface area contributed by atoms with Crippen molar-refractivity contribution >= 4 is 17.4 Å². The van der Waals surface area contributed by atoms with Crippen LogP contribution in [0.25, 0.3) is 0 Å². The predicted molar refractivity (Wildman–Crippen MR) is 68.2 cm³/mol. The van der Waals surface area contributed by atoms with E-state index in [2.05, 4.69) is 22.2 Å². The third-order valence-electron chi connectivity index (χ3n) is 2.88. The molecule has 1 fully saturated rings. The second kappa shape index (κ2) is 5.65. The first-order valence-corrected chi connectivity index (χ1v) is 6.44. The van der Waals surface area contributed by atoms with Gasteiger partial charge in [0.25, 0.3) is 0 Å². The maximum atomic E-state index is 5.96. The Kier molecular flexibility index (Phi) is 4.18. The SMILES string of the molecule is CCOCc1nc(Cl)cc(NC(C)C2CC2)n1. The minimum absolute atomic E-state index is 0.406. The van der Waals surface area contributed by atoms with E-state index in [1.165, 1.54) is 12.8 Å². The second-order valence-electron chi connectivity index (χ2n) is 4.40. The molecule has 0 aliphatic heterocycles. The van der Waals surface area contributed by atoms with Gasteiger partial charge in [-0.05, 0) is 32.6 Å². The molecule has 1 aromatic heterocycles. The van der Waals surface area contributed by atoms with Crippen LogP contribution in [0.3, 0.4) is 0 Å². The van der Waals surface area contributed by atoms with E-state index in [4.69, 9.17) is 16.3 Å². The van der Waals surface area contributed by atoms with Gasteiger partial charge in [-0.1, -0.05) is 11.6 Å². The summed E-state index contributed by atoms with van der Waals surface area (Å²) in [6.45, 7) is 5.18. The van der Waals surface area contributed by atoms with Gasteiger partial charge in [0.05, 0.1) is 0 Å². The number of nitrogens with one attached hydrogen (secondary N) is 1. The van der Waals surface area contributed by atoms with E-state index >= 15 is 0 Å². The summed E-state index contributed by atoms with van der Waals surface area (Å²) in [5.74, 6) is 2.20. The number of rotatable bonds is 6. The molecule has 0 amide bonds. The van der Waals surface area contributed by atoms with E-state index in [1.807, 2.05) is 6.92 Å². The molecule has 0 saturated heterocycles. The van der Waals surface area contributed by atoms with Crippen molar-refractivity contribution in [3.05, 3.63) is 17.0 Å². The fraction of sp³-hybridized carbons (Fsp3) is 0.667. The number of hydrogen-bond donors (Lipinski definition) is 1. The molecule has 4 nitrogen and oxygen atoms in total. The fourth-order valence-electron chi connectivity index (χ4n) is 1.74. The van der Waals surface area contributed by atoms with Crippen LogP contribution in [0.2, 0.25) is 5.15 Å². The molecule has 1 aliphatic rings. The van der Waals surface area contributed by atoms with Gasteiger partial charge in [-0.3, -0.25) is 0 Å². The van der Waals surface area contributed by atoms with Crippen molar-refractivity contribution in [1.29, 1.82) is 0 Å². The van der Waals surface area contributed by atoms with Crippen LogP contribution in [-0.4, -0.2) is 22.6 Å². The summed E-state index contributed by atoms with van der Waals surface area (Å²) >= 11 is 5.96. The Morgan fingerprint density at radius 1 is 1.53 bits per heavy atom. The summed E-state index contributed by atoms with van der Waals surface area (Å²) in [5.41, 5.74) is 0. The van der Waals surface area contributed by atoms with Gasteiger partial charge in [0.1, 0.15) is 17.6 Å². The Morgan fingerprint density at radius 3 is 2.94 bits per heavy atom. The zero-order chi connectivity index (χ0) is 12.3. The Labute approximate surface area is 107 Å². The number of anilines is 1. The van der Waals surface area contributed by atoms with Gasteiger partial charge in [0.15, 0.2) is 5.82 Å². The lowest BCUT2D eigenvalue weighted by Gasteiger charge is -2.14. The summed E-state index contributed by atoms with van der Waals surface area (Å²) < 4.78 is 5.28. The first-order valence-electron chi connectivity index (χ1n) is 6.06. The molecule has 5 heteroatoms. The monoisotopic (exact) mass is 255 g/mol. The van der Waals surface area contributed by atoms with Crippen LogP contribution in [0, 0.1) is 5.92 Å². The van der Waals surface area contributed by atoms with Crippen molar-refractivity contribution in [2.75, 3.05) is 11.9 Å². The highest BCUT2D eigenvalue weighted by molar-refractivity contribution is 6.29. The molecule has 0 radical (unpaired) electrons. The van der Waals surface area contributed by atoms with E-state index in [0.717, 1.165) is 11.7 Å². The van der Waals surface area contributed by atoms with E-state index in [1.54, 1.807) is 6.07 Å². The van der Waals surface area contributed by atoms with Crippen LogP contribution in [-0.2, 0) is 11.3 Å². The van der Waals surface area contributed by atoms with Crippen LogP contribution in [0.1, 0.15) is 32.5 Å². The Bertz CT molecular complexity index is 382. The first kappa shape index (κ1) is 12.6. The van der Waals surface area contributed by atoms with Crippen molar-refractivity contribution in [2.45, 2.75) is 39.3 Å². The molecule has 2 rings (SSSR count). The molecule has 1 aliphatic carbocycles. The Hall–Kier alpha value is -0.870. The first-order chi connectivity index (χ1) is 8.19. The van der Waals surface area contributed by atoms with E-state index < -0.39 is 0 Å². The second-order valence-corrected chi connectivity index (χ2v) is 4.79. The highest BCUT2D eigenvalue weighted by Crippen LogP contribution is 2.33. The molecule has 17 heavy (non-hydrogen) atoms.